The summed E-state index contributed by atoms with van der Waals surface area (Å²) in [5.41, 5.74) is 2.26. The Morgan fingerprint density at radius 2 is 2.00 bits per heavy atom. The van der Waals surface area contributed by atoms with Crippen molar-refractivity contribution in [3.63, 3.8) is 0 Å². The molecule has 110 valence electrons. The summed E-state index contributed by atoms with van der Waals surface area (Å²) in [6.07, 6.45) is -0.0846. The van der Waals surface area contributed by atoms with Gasteiger partial charge < -0.3 is 10.4 Å². The maximum absolute atomic E-state index is 12.0. The van der Waals surface area contributed by atoms with Crippen molar-refractivity contribution in [3.8, 4) is 0 Å². The number of benzene rings is 1. The number of carbonyl (C=O) groups excluding carboxylic acids is 1. The molecule has 1 unspecified atom stereocenters. The second-order valence-corrected chi connectivity index (χ2v) is 5.61. The van der Waals surface area contributed by atoms with E-state index in [0.717, 1.165) is 5.56 Å². The van der Waals surface area contributed by atoms with E-state index in [1.807, 2.05) is 0 Å². The standard InChI is InChI=1S/C13H12ClN3O3S/c14-10-3-1-8(2-4-10)9(6-12(19)20)5-11(18)16-13-17-15-7-21-13/h1-4,7,9H,5-6H2,(H,19,20)(H,16,17,18). The van der Waals surface area contributed by atoms with Crippen molar-refractivity contribution in [1.82, 2.24) is 10.2 Å². The van der Waals surface area contributed by atoms with Crippen LogP contribution in [0.3, 0.4) is 0 Å². The molecule has 1 amide bonds. The molecule has 0 saturated carbocycles. The number of anilines is 1. The van der Waals surface area contributed by atoms with Crippen LogP contribution < -0.4 is 5.32 Å². The van der Waals surface area contributed by atoms with Crippen LogP contribution in [0.1, 0.15) is 24.3 Å². The number of carboxylic acids is 1. The maximum atomic E-state index is 12.0. The summed E-state index contributed by atoms with van der Waals surface area (Å²) in [5.74, 6) is -1.68. The number of nitrogens with one attached hydrogen (secondary N) is 1. The molecule has 1 atom stereocenters. The van der Waals surface area contributed by atoms with Crippen molar-refractivity contribution >= 4 is 39.9 Å². The number of aromatic nitrogens is 2. The summed E-state index contributed by atoms with van der Waals surface area (Å²) in [5, 5.41) is 19.9. The molecule has 2 rings (SSSR count). The third-order valence-electron chi connectivity index (χ3n) is 2.80. The number of nitrogens with zero attached hydrogens (tertiary/aromatic N) is 2. The topological polar surface area (TPSA) is 92.2 Å². The third-order valence-corrected chi connectivity index (χ3v) is 3.66. The van der Waals surface area contributed by atoms with Crippen LogP contribution in [0.5, 0.6) is 0 Å². The highest BCUT2D eigenvalue weighted by molar-refractivity contribution is 7.13. The molecule has 0 fully saturated rings. The Hall–Kier alpha value is -1.99. The van der Waals surface area contributed by atoms with E-state index in [1.54, 1.807) is 24.3 Å². The Labute approximate surface area is 129 Å². The number of carbonyl (C=O) groups is 2. The summed E-state index contributed by atoms with van der Waals surface area (Å²) < 4.78 is 0. The van der Waals surface area contributed by atoms with Crippen LogP contribution >= 0.6 is 22.9 Å². The molecule has 0 spiro atoms. The first-order valence-corrected chi connectivity index (χ1v) is 7.33. The molecule has 8 heteroatoms. The highest BCUT2D eigenvalue weighted by Gasteiger charge is 2.20. The molecule has 0 aliphatic carbocycles. The van der Waals surface area contributed by atoms with Gasteiger partial charge in [-0.15, -0.1) is 10.2 Å². The Bertz CT molecular complexity index is 616. The lowest BCUT2D eigenvalue weighted by Crippen LogP contribution is -2.17. The van der Waals surface area contributed by atoms with E-state index in [4.69, 9.17) is 16.7 Å². The van der Waals surface area contributed by atoms with Crippen LogP contribution in [0.15, 0.2) is 29.8 Å². The van der Waals surface area contributed by atoms with E-state index in [2.05, 4.69) is 15.5 Å². The van der Waals surface area contributed by atoms with Gasteiger partial charge in [0.1, 0.15) is 5.51 Å². The first kappa shape index (κ1) is 15.4. The molecule has 0 radical (unpaired) electrons. The Morgan fingerprint density at radius 3 is 2.57 bits per heavy atom. The van der Waals surface area contributed by atoms with E-state index >= 15 is 0 Å². The minimum Gasteiger partial charge on any atom is -0.481 e. The van der Waals surface area contributed by atoms with Gasteiger partial charge >= 0.3 is 5.97 Å². The molecule has 1 aromatic heterocycles. The number of hydrogen-bond donors (Lipinski definition) is 2. The van der Waals surface area contributed by atoms with Gasteiger partial charge in [0.15, 0.2) is 0 Å². The van der Waals surface area contributed by atoms with E-state index in [9.17, 15) is 9.59 Å². The van der Waals surface area contributed by atoms with Crippen LogP contribution in [0.2, 0.25) is 5.02 Å². The highest BCUT2D eigenvalue weighted by Crippen LogP contribution is 2.25. The molecule has 0 aliphatic rings. The number of hydrogen-bond acceptors (Lipinski definition) is 5. The maximum Gasteiger partial charge on any atom is 0.303 e. The molecular weight excluding hydrogens is 314 g/mol. The lowest BCUT2D eigenvalue weighted by molar-refractivity contribution is -0.137. The monoisotopic (exact) mass is 325 g/mol. The van der Waals surface area contributed by atoms with Gasteiger partial charge in [0.2, 0.25) is 11.0 Å². The minimum absolute atomic E-state index is 0.0491. The quantitative estimate of drug-likeness (QED) is 0.852. The third kappa shape index (κ3) is 4.80. The summed E-state index contributed by atoms with van der Waals surface area (Å²) in [4.78, 5) is 22.9. The molecule has 2 aromatic rings. The number of carboxylic acid groups (broad SMARTS) is 1. The average molecular weight is 326 g/mol. The second-order valence-electron chi connectivity index (χ2n) is 4.34. The summed E-state index contributed by atoms with van der Waals surface area (Å²) in [6.45, 7) is 0. The van der Waals surface area contributed by atoms with E-state index in [-0.39, 0.29) is 18.7 Å². The average Bonchev–Trinajstić information content (AvgIpc) is 2.91. The molecular formula is C13H12ClN3O3S. The first-order chi connectivity index (χ1) is 10.0. The first-order valence-electron chi connectivity index (χ1n) is 6.08. The number of rotatable bonds is 6. The molecule has 2 N–H and O–H groups in total. The van der Waals surface area contributed by atoms with Crippen molar-refractivity contribution in [2.24, 2.45) is 0 Å². The van der Waals surface area contributed by atoms with Gasteiger partial charge in [0, 0.05) is 17.4 Å². The molecule has 6 nitrogen and oxygen atoms in total. The van der Waals surface area contributed by atoms with E-state index in [1.165, 1.54) is 16.8 Å². The Balaban J connectivity index is 2.07. The second kappa shape index (κ2) is 7.14. The zero-order chi connectivity index (χ0) is 15.2. The van der Waals surface area contributed by atoms with E-state index < -0.39 is 11.9 Å². The number of aliphatic carboxylic acids is 1. The largest absolute Gasteiger partial charge is 0.481 e. The fourth-order valence-corrected chi connectivity index (χ4v) is 2.46. The van der Waals surface area contributed by atoms with Crippen molar-refractivity contribution in [2.45, 2.75) is 18.8 Å². The minimum atomic E-state index is -0.960. The van der Waals surface area contributed by atoms with Gasteiger partial charge in [0.05, 0.1) is 6.42 Å². The van der Waals surface area contributed by atoms with Gasteiger partial charge in [-0.2, -0.15) is 0 Å². The van der Waals surface area contributed by atoms with Crippen molar-refractivity contribution < 1.29 is 14.7 Å². The van der Waals surface area contributed by atoms with Crippen LogP contribution in [0.4, 0.5) is 5.13 Å². The normalized spacial score (nSPS) is 11.9. The summed E-state index contributed by atoms with van der Waals surface area (Å²) >= 11 is 7.02. The molecule has 0 bridgehead atoms. The van der Waals surface area contributed by atoms with Gasteiger partial charge in [-0.1, -0.05) is 35.1 Å². The van der Waals surface area contributed by atoms with Crippen molar-refractivity contribution in [2.75, 3.05) is 5.32 Å². The predicted molar refractivity (Wildman–Crippen MR) is 79.6 cm³/mol. The van der Waals surface area contributed by atoms with Crippen LogP contribution in [0, 0.1) is 0 Å². The zero-order valence-corrected chi connectivity index (χ0v) is 12.4. The highest BCUT2D eigenvalue weighted by atomic mass is 35.5. The molecule has 1 aromatic carbocycles. The fourth-order valence-electron chi connectivity index (χ4n) is 1.88. The van der Waals surface area contributed by atoms with Gasteiger partial charge in [-0.05, 0) is 17.7 Å². The summed E-state index contributed by atoms with van der Waals surface area (Å²) in [6, 6.07) is 6.81. The Kier molecular flexibility index (Phi) is 5.24. The molecule has 0 saturated heterocycles. The zero-order valence-electron chi connectivity index (χ0n) is 10.8. The summed E-state index contributed by atoms with van der Waals surface area (Å²) in [7, 11) is 0. The molecule has 1 heterocycles. The van der Waals surface area contributed by atoms with E-state index in [0.29, 0.717) is 10.2 Å². The smallest absolute Gasteiger partial charge is 0.303 e. The molecule has 0 aliphatic heterocycles. The number of amides is 1. The van der Waals surface area contributed by atoms with Gasteiger partial charge in [-0.25, -0.2) is 0 Å². The lowest BCUT2D eigenvalue weighted by Gasteiger charge is -2.14. The van der Waals surface area contributed by atoms with Crippen LogP contribution in [-0.2, 0) is 9.59 Å². The number of halogens is 1. The Morgan fingerprint density at radius 1 is 1.29 bits per heavy atom. The fraction of sp³-hybridized carbons (Fsp3) is 0.231. The lowest BCUT2D eigenvalue weighted by atomic mass is 9.92. The van der Waals surface area contributed by atoms with Gasteiger partial charge in [-0.3, -0.25) is 9.59 Å². The van der Waals surface area contributed by atoms with Gasteiger partial charge in [0.25, 0.3) is 0 Å². The molecule has 21 heavy (non-hydrogen) atoms. The SMILES string of the molecule is O=C(O)CC(CC(=O)Nc1nncs1)c1ccc(Cl)cc1. The van der Waals surface area contributed by atoms with Crippen LogP contribution in [0.25, 0.3) is 0 Å². The van der Waals surface area contributed by atoms with Crippen molar-refractivity contribution in [3.05, 3.63) is 40.4 Å². The predicted octanol–water partition coefficient (Wildman–Crippen LogP) is 2.78. The van der Waals surface area contributed by atoms with Crippen LogP contribution in [-0.4, -0.2) is 27.2 Å². The van der Waals surface area contributed by atoms with Crippen molar-refractivity contribution in [1.29, 1.82) is 0 Å².